The van der Waals surface area contributed by atoms with Crippen LogP contribution in [-0.4, -0.2) is 19.3 Å². The summed E-state index contributed by atoms with van der Waals surface area (Å²) in [4.78, 5) is 0.259. The zero-order chi connectivity index (χ0) is 13.2. The average Bonchev–Trinajstić information content (AvgIpc) is 2.78. The van der Waals surface area contributed by atoms with Gasteiger partial charge in [0, 0.05) is 29.2 Å². The van der Waals surface area contributed by atoms with Crippen molar-refractivity contribution in [3.63, 3.8) is 0 Å². The molecule has 0 saturated carbocycles. The Morgan fingerprint density at radius 2 is 1.89 bits per heavy atom. The zero-order valence-electron chi connectivity index (χ0n) is 9.80. The molecule has 2 rings (SSSR count). The Labute approximate surface area is 111 Å². The first-order chi connectivity index (χ1) is 8.48. The van der Waals surface area contributed by atoms with Crippen LogP contribution < -0.4 is 5.43 Å². The van der Waals surface area contributed by atoms with Gasteiger partial charge in [0.25, 0.3) is 0 Å². The summed E-state index contributed by atoms with van der Waals surface area (Å²) in [5, 5.41) is 0.442. The Morgan fingerprint density at radius 3 is 2.50 bits per heavy atom. The molecular formula is C12H13ClN2O2S. The Balaban J connectivity index is 2.32. The predicted octanol–water partition coefficient (Wildman–Crippen LogP) is 2.29. The van der Waals surface area contributed by atoms with Crippen molar-refractivity contribution in [1.29, 1.82) is 0 Å². The van der Waals surface area contributed by atoms with Gasteiger partial charge in [-0.25, -0.2) is 8.42 Å². The van der Waals surface area contributed by atoms with E-state index in [9.17, 15) is 8.42 Å². The van der Waals surface area contributed by atoms with E-state index in [-0.39, 0.29) is 4.90 Å². The Morgan fingerprint density at radius 1 is 1.22 bits per heavy atom. The fraction of sp³-hybridized carbons (Fsp3) is 0.167. The molecule has 0 bridgehead atoms. The van der Waals surface area contributed by atoms with Crippen LogP contribution in [0.15, 0.2) is 47.6 Å². The lowest BCUT2D eigenvalue weighted by Crippen LogP contribution is -2.14. The van der Waals surface area contributed by atoms with Gasteiger partial charge in [-0.15, -0.1) is 0 Å². The van der Waals surface area contributed by atoms with Crippen molar-refractivity contribution >= 4 is 21.4 Å². The first-order valence-electron chi connectivity index (χ1n) is 5.33. The minimum atomic E-state index is -3.28. The first kappa shape index (κ1) is 13.0. The van der Waals surface area contributed by atoms with Crippen LogP contribution in [0, 0.1) is 0 Å². The molecular weight excluding hydrogens is 272 g/mol. The maximum atomic E-state index is 11.7. The summed E-state index contributed by atoms with van der Waals surface area (Å²) in [5.41, 5.74) is 3.64. The van der Waals surface area contributed by atoms with Crippen LogP contribution in [0.5, 0.6) is 0 Å². The van der Waals surface area contributed by atoms with Gasteiger partial charge in [-0.3, -0.25) is 4.68 Å². The summed E-state index contributed by atoms with van der Waals surface area (Å²) >= 11 is 6.06. The Kier molecular flexibility index (Phi) is 3.63. The highest BCUT2D eigenvalue weighted by atomic mass is 35.5. The van der Waals surface area contributed by atoms with Gasteiger partial charge in [0.2, 0.25) is 0 Å². The molecule has 0 aliphatic rings. The third-order valence-corrected chi connectivity index (χ3v) is 4.05. The Hall–Kier alpha value is -1.46. The number of halogens is 1. The Bertz CT molecular complexity index is 636. The molecule has 6 heteroatoms. The minimum Gasteiger partial charge on any atom is -0.322 e. The van der Waals surface area contributed by atoms with Gasteiger partial charge in [-0.1, -0.05) is 17.7 Å². The second-order valence-corrected chi connectivity index (χ2v) is 6.31. The number of rotatable bonds is 4. The van der Waals surface area contributed by atoms with E-state index in [0.717, 1.165) is 0 Å². The molecule has 1 aromatic carbocycles. The number of nitrogens with zero attached hydrogens (tertiary/aromatic N) is 1. The highest BCUT2D eigenvalue weighted by Crippen LogP contribution is 2.24. The van der Waals surface area contributed by atoms with E-state index in [4.69, 9.17) is 11.6 Å². The van der Waals surface area contributed by atoms with Gasteiger partial charge in [0.05, 0.1) is 11.4 Å². The molecule has 0 fully saturated rings. The molecule has 1 aromatic heterocycles. The average molecular weight is 285 g/mol. The van der Waals surface area contributed by atoms with Crippen molar-refractivity contribution in [3.8, 4) is 0 Å². The number of hydrogen-bond acceptors (Lipinski definition) is 3. The number of hydrogen-bond donors (Lipinski definition) is 1. The van der Waals surface area contributed by atoms with Gasteiger partial charge in [-0.05, 0) is 24.3 Å². The molecule has 96 valence electrons. The summed E-state index contributed by atoms with van der Waals surface area (Å²) in [5.74, 6) is 0. The van der Waals surface area contributed by atoms with Crippen LogP contribution >= 0.6 is 11.6 Å². The smallest absolute Gasteiger partial charge is 0.175 e. The topological polar surface area (TPSA) is 51.1 Å². The van der Waals surface area contributed by atoms with Crippen molar-refractivity contribution in [1.82, 2.24) is 4.68 Å². The first-order valence-corrected chi connectivity index (χ1v) is 7.60. The molecule has 2 aromatic rings. The van der Waals surface area contributed by atoms with E-state index >= 15 is 0 Å². The van der Waals surface area contributed by atoms with E-state index in [1.165, 1.54) is 6.26 Å². The fourth-order valence-corrected chi connectivity index (χ4v) is 2.92. The number of nitrogens with one attached hydrogen (secondary N) is 1. The molecule has 0 amide bonds. The monoisotopic (exact) mass is 284 g/mol. The van der Waals surface area contributed by atoms with Gasteiger partial charge in [0.15, 0.2) is 9.84 Å². The second-order valence-electron chi connectivity index (χ2n) is 3.91. The summed E-state index contributed by atoms with van der Waals surface area (Å²) < 4.78 is 25.1. The largest absolute Gasteiger partial charge is 0.322 e. The van der Waals surface area contributed by atoms with Crippen LogP contribution in [0.3, 0.4) is 0 Å². The van der Waals surface area contributed by atoms with E-state index in [1.807, 2.05) is 24.5 Å². The maximum Gasteiger partial charge on any atom is 0.175 e. The molecule has 0 aliphatic heterocycles. The summed E-state index contributed by atoms with van der Waals surface area (Å²) in [6, 6.07) is 8.63. The molecule has 18 heavy (non-hydrogen) atoms. The second kappa shape index (κ2) is 5.04. The lowest BCUT2D eigenvalue weighted by atomic mass is 10.2. The molecule has 1 N–H and O–H groups in total. The normalized spacial score (nSPS) is 11.4. The van der Waals surface area contributed by atoms with E-state index in [0.29, 0.717) is 17.1 Å². The lowest BCUT2D eigenvalue weighted by Gasteiger charge is -2.12. The highest BCUT2D eigenvalue weighted by molar-refractivity contribution is 7.90. The van der Waals surface area contributed by atoms with Crippen molar-refractivity contribution in [3.05, 3.63) is 53.3 Å². The SMILES string of the molecule is CS(=O)(=O)c1cccc(Cl)c1CNn1cccc1. The number of benzene rings is 1. The molecule has 1 heterocycles. The van der Waals surface area contributed by atoms with Gasteiger partial charge < -0.3 is 5.43 Å². The molecule has 0 spiro atoms. The molecule has 0 saturated heterocycles. The fourth-order valence-electron chi connectivity index (χ4n) is 1.67. The minimum absolute atomic E-state index is 0.259. The molecule has 4 nitrogen and oxygen atoms in total. The third-order valence-electron chi connectivity index (χ3n) is 2.52. The van der Waals surface area contributed by atoms with Crippen LogP contribution in [0.1, 0.15) is 5.56 Å². The summed E-state index contributed by atoms with van der Waals surface area (Å²) in [7, 11) is -3.28. The van der Waals surface area contributed by atoms with E-state index in [2.05, 4.69) is 5.43 Å². The molecule has 0 radical (unpaired) electrons. The van der Waals surface area contributed by atoms with Crippen LogP contribution in [0.2, 0.25) is 5.02 Å². The molecule has 0 atom stereocenters. The van der Waals surface area contributed by atoms with Gasteiger partial charge in [-0.2, -0.15) is 0 Å². The van der Waals surface area contributed by atoms with Gasteiger partial charge >= 0.3 is 0 Å². The van der Waals surface area contributed by atoms with Crippen molar-refractivity contribution in [2.75, 3.05) is 11.7 Å². The zero-order valence-corrected chi connectivity index (χ0v) is 11.4. The molecule has 0 unspecified atom stereocenters. The van der Waals surface area contributed by atoms with Gasteiger partial charge in [0.1, 0.15) is 0 Å². The van der Waals surface area contributed by atoms with E-state index < -0.39 is 9.84 Å². The maximum absolute atomic E-state index is 11.7. The highest BCUT2D eigenvalue weighted by Gasteiger charge is 2.15. The van der Waals surface area contributed by atoms with Crippen LogP contribution in [0.25, 0.3) is 0 Å². The van der Waals surface area contributed by atoms with Crippen molar-refractivity contribution in [2.24, 2.45) is 0 Å². The quantitative estimate of drug-likeness (QED) is 0.937. The van der Waals surface area contributed by atoms with Crippen molar-refractivity contribution in [2.45, 2.75) is 11.4 Å². The lowest BCUT2D eigenvalue weighted by molar-refractivity contribution is 0.600. The van der Waals surface area contributed by atoms with E-state index in [1.54, 1.807) is 22.9 Å². The van der Waals surface area contributed by atoms with Crippen LogP contribution in [-0.2, 0) is 16.4 Å². The summed E-state index contributed by atoms with van der Waals surface area (Å²) in [6.07, 6.45) is 4.84. The van der Waals surface area contributed by atoms with Crippen molar-refractivity contribution < 1.29 is 8.42 Å². The predicted molar refractivity (Wildman–Crippen MR) is 72.1 cm³/mol. The van der Waals surface area contributed by atoms with Crippen LogP contribution in [0.4, 0.5) is 0 Å². The summed E-state index contributed by atoms with van der Waals surface area (Å²) in [6.45, 7) is 0.344. The standard InChI is InChI=1S/C12H13ClN2O2S/c1-18(16,17)12-6-4-5-11(13)10(12)9-14-15-7-2-3-8-15/h2-8,14H,9H2,1H3. The number of aromatic nitrogens is 1. The molecule has 0 aliphatic carbocycles. The third kappa shape index (κ3) is 2.86. The number of sulfone groups is 1.